The van der Waals surface area contributed by atoms with Crippen molar-refractivity contribution in [1.29, 1.82) is 0 Å². The summed E-state index contributed by atoms with van der Waals surface area (Å²) in [7, 11) is 0. The number of rotatable bonds is 7. The van der Waals surface area contributed by atoms with E-state index in [4.69, 9.17) is 4.74 Å². The van der Waals surface area contributed by atoms with Gasteiger partial charge in [-0.15, -0.1) is 0 Å². The number of nitrogens with zero attached hydrogens (tertiary/aromatic N) is 2. The maximum atomic E-state index is 13.0. The fraction of sp³-hybridized carbons (Fsp3) is 0.391. The van der Waals surface area contributed by atoms with Gasteiger partial charge in [0.2, 0.25) is 11.8 Å². The summed E-state index contributed by atoms with van der Waals surface area (Å²) in [4.78, 5) is 28.6. The molecule has 154 valence electrons. The van der Waals surface area contributed by atoms with Crippen LogP contribution in [0.15, 0.2) is 48.5 Å². The molecule has 2 amide bonds. The summed E-state index contributed by atoms with van der Waals surface area (Å²) in [5.74, 6) is 0.683. The Labute approximate surface area is 171 Å². The fourth-order valence-electron chi connectivity index (χ4n) is 3.42. The third-order valence-electron chi connectivity index (χ3n) is 5.12. The monoisotopic (exact) mass is 398 g/mol. The Morgan fingerprint density at radius 2 is 1.41 bits per heavy atom. The summed E-state index contributed by atoms with van der Waals surface area (Å²) < 4.78 is 18.4. The Kier molecular flexibility index (Phi) is 7.22. The van der Waals surface area contributed by atoms with E-state index >= 15 is 0 Å². The van der Waals surface area contributed by atoms with E-state index in [1.165, 1.54) is 12.1 Å². The molecule has 0 atom stereocenters. The quantitative estimate of drug-likeness (QED) is 0.720. The molecule has 5 nitrogen and oxygen atoms in total. The van der Waals surface area contributed by atoms with E-state index < -0.39 is 0 Å². The van der Waals surface area contributed by atoms with Gasteiger partial charge < -0.3 is 14.5 Å². The first kappa shape index (κ1) is 20.8. The standard InChI is InChI=1S/C23H27FN2O3/c1-2-29-21-10-5-19(6-11-21)17-23(28)26-15-13-25(14-16-26)22(27)12-7-18-3-8-20(24)9-4-18/h3-6,8-11H,2,7,12-17H2,1H3. The average Bonchev–Trinajstić information content (AvgIpc) is 2.75. The van der Waals surface area contributed by atoms with Crippen LogP contribution in [0.4, 0.5) is 4.39 Å². The zero-order valence-corrected chi connectivity index (χ0v) is 16.8. The third kappa shape index (κ3) is 6.04. The number of carbonyl (C=O) groups is 2. The van der Waals surface area contributed by atoms with E-state index in [2.05, 4.69) is 0 Å². The molecule has 1 heterocycles. The van der Waals surface area contributed by atoms with Crippen molar-refractivity contribution in [2.45, 2.75) is 26.2 Å². The van der Waals surface area contributed by atoms with E-state index in [9.17, 15) is 14.0 Å². The zero-order chi connectivity index (χ0) is 20.6. The molecule has 0 aliphatic carbocycles. The Morgan fingerprint density at radius 1 is 0.862 bits per heavy atom. The summed E-state index contributed by atoms with van der Waals surface area (Å²) in [6, 6.07) is 13.8. The summed E-state index contributed by atoms with van der Waals surface area (Å²) in [5.41, 5.74) is 1.90. The minimum absolute atomic E-state index is 0.0765. The molecule has 2 aromatic carbocycles. The third-order valence-corrected chi connectivity index (χ3v) is 5.12. The van der Waals surface area contributed by atoms with Crippen molar-refractivity contribution in [3.8, 4) is 5.75 Å². The highest BCUT2D eigenvalue weighted by Crippen LogP contribution is 2.14. The predicted molar refractivity (Wildman–Crippen MR) is 109 cm³/mol. The first-order chi connectivity index (χ1) is 14.0. The van der Waals surface area contributed by atoms with E-state index in [0.29, 0.717) is 52.0 Å². The topological polar surface area (TPSA) is 49.9 Å². The van der Waals surface area contributed by atoms with Crippen LogP contribution in [-0.4, -0.2) is 54.4 Å². The number of halogens is 1. The average molecular weight is 398 g/mol. The van der Waals surface area contributed by atoms with E-state index in [0.717, 1.165) is 16.9 Å². The Morgan fingerprint density at radius 3 is 2.00 bits per heavy atom. The van der Waals surface area contributed by atoms with Gasteiger partial charge in [0, 0.05) is 32.6 Å². The largest absolute Gasteiger partial charge is 0.494 e. The van der Waals surface area contributed by atoms with Gasteiger partial charge in [-0.1, -0.05) is 24.3 Å². The van der Waals surface area contributed by atoms with Gasteiger partial charge in [0.25, 0.3) is 0 Å². The van der Waals surface area contributed by atoms with Crippen molar-refractivity contribution in [1.82, 2.24) is 9.80 Å². The van der Waals surface area contributed by atoms with Gasteiger partial charge >= 0.3 is 0 Å². The molecule has 1 saturated heterocycles. The second-order valence-electron chi connectivity index (χ2n) is 7.14. The highest BCUT2D eigenvalue weighted by molar-refractivity contribution is 5.80. The first-order valence-corrected chi connectivity index (χ1v) is 10.1. The summed E-state index contributed by atoms with van der Waals surface area (Å²) in [6.45, 7) is 4.76. The van der Waals surface area contributed by atoms with Gasteiger partial charge in [-0.05, 0) is 48.7 Å². The van der Waals surface area contributed by atoms with Gasteiger partial charge in [0.05, 0.1) is 13.0 Å². The van der Waals surface area contributed by atoms with Crippen LogP contribution in [0, 0.1) is 5.82 Å². The normalized spacial score (nSPS) is 14.0. The van der Waals surface area contributed by atoms with Crippen LogP contribution in [0.3, 0.4) is 0 Å². The first-order valence-electron chi connectivity index (χ1n) is 10.1. The minimum Gasteiger partial charge on any atom is -0.494 e. The van der Waals surface area contributed by atoms with E-state index in [-0.39, 0.29) is 17.6 Å². The van der Waals surface area contributed by atoms with Crippen molar-refractivity contribution < 1.29 is 18.7 Å². The van der Waals surface area contributed by atoms with Crippen LogP contribution in [0.25, 0.3) is 0 Å². The lowest BCUT2D eigenvalue weighted by molar-refractivity contribution is -0.139. The van der Waals surface area contributed by atoms with Crippen LogP contribution < -0.4 is 4.74 Å². The molecule has 3 rings (SSSR count). The van der Waals surface area contributed by atoms with Crippen LogP contribution in [-0.2, 0) is 22.4 Å². The predicted octanol–water partition coefficient (Wildman–Crippen LogP) is 3.07. The second-order valence-corrected chi connectivity index (χ2v) is 7.14. The molecule has 29 heavy (non-hydrogen) atoms. The van der Waals surface area contributed by atoms with Gasteiger partial charge in [0.15, 0.2) is 0 Å². The van der Waals surface area contributed by atoms with E-state index in [1.807, 2.05) is 41.0 Å². The van der Waals surface area contributed by atoms with Gasteiger partial charge in [-0.3, -0.25) is 9.59 Å². The maximum absolute atomic E-state index is 13.0. The van der Waals surface area contributed by atoms with Crippen LogP contribution in [0.2, 0.25) is 0 Å². The summed E-state index contributed by atoms with van der Waals surface area (Å²) in [6.07, 6.45) is 1.34. The molecule has 0 unspecified atom stereocenters. The molecule has 1 aliphatic heterocycles. The molecule has 0 aromatic heterocycles. The molecule has 0 bridgehead atoms. The Bertz CT molecular complexity index is 813. The highest BCUT2D eigenvalue weighted by Gasteiger charge is 2.23. The molecule has 2 aromatic rings. The van der Waals surface area contributed by atoms with E-state index in [1.54, 1.807) is 12.1 Å². The van der Waals surface area contributed by atoms with Gasteiger partial charge in [0.1, 0.15) is 11.6 Å². The molecular formula is C23H27FN2O3. The zero-order valence-electron chi connectivity index (χ0n) is 16.8. The summed E-state index contributed by atoms with van der Waals surface area (Å²) in [5, 5.41) is 0. The van der Waals surface area contributed by atoms with Gasteiger partial charge in [-0.25, -0.2) is 4.39 Å². The molecule has 0 spiro atoms. The smallest absolute Gasteiger partial charge is 0.227 e. The molecule has 1 fully saturated rings. The van der Waals surface area contributed by atoms with Crippen molar-refractivity contribution in [2.75, 3.05) is 32.8 Å². The van der Waals surface area contributed by atoms with Crippen molar-refractivity contribution in [3.05, 3.63) is 65.5 Å². The lowest BCUT2D eigenvalue weighted by atomic mass is 10.1. The number of carbonyl (C=O) groups excluding carboxylic acids is 2. The Hall–Kier alpha value is -2.89. The number of piperazine rings is 1. The molecule has 0 N–H and O–H groups in total. The highest BCUT2D eigenvalue weighted by atomic mass is 19.1. The van der Waals surface area contributed by atoms with Crippen molar-refractivity contribution in [3.63, 3.8) is 0 Å². The maximum Gasteiger partial charge on any atom is 0.227 e. The van der Waals surface area contributed by atoms with Crippen molar-refractivity contribution in [2.24, 2.45) is 0 Å². The Balaban J connectivity index is 1.42. The number of ether oxygens (including phenoxy) is 1. The lowest BCUT2D eigenvalue weighted by Crippen LogP contribution is -2.51. The second kappa shape index (κ2) is 10.0. The SMILES string of the molecule is CCOc1ccc(CC(=O)N2CCN(C(=O)CCc3ccc(F)cc3)CC2)cc1. The molecule has 6 heteroatoms. The fourth-order valence-corrected chi connectivity index (χ4v) is 3.42. The molecule has 1 aliphatic rings. The van der Waals surface area contributed by atoms with Crippen LogP contribution >= 0.6 is 0 Å². The molecule has 0 saturated carbocycles. The number of hydrogen-bond donors (Lipinski definition) is 0. The lowest BCUT2D eigenvalue weighted by Gasteiger charge is -2.35. The number of hydrogen-bond acceptors (Lipinski definition) is 3. The number of aryl methyl sites for hydroxylation is 1. The van der Waals surface area contributed by atoms with Crippen molar-refractivity contribution >= 4 is 11.8 Å². The molecule has 0 radical (unpaired) electrons. The van der Waals surface area contributed by atoms with Crippen LogP contribution in [0.5, 0.6) is 5.75 Å². The van der Waals surface area contributed by atoms with Gasteiger partial charge in [-0.2, -0.15) is 0 Å². The minimum atomic E-state index is -0.272. The summed E-state index contributed by atoms with van der Waals surface area (Å²) >= 11 is 0. The number of benzene rings is 2. The van der Waals surface area contributed by atoms with Crippen LogP contribution in [0.1, 0.15) is 24.5 Å². The number of amides is 2. The molecular weight excluding hydrogens is 371 g/mol.